The van der Waals surface area contributed by atoms with E-state index in [9.17, 15) is 4.79 Å². The minimum absolute atomic E-state index is 0.396. The summed E-state index contributed by atoms with van der Waals surface area (Å²) >= 11 is 0. The monoisotopic (exact) mass is 215 g/mol. The summed E-state index contributed by atoms with van der Waals surface area (Å²) in [7, 11) is 0. The minimum Gasteiger partial charge on any atom is -0.347 e. The number of aromatic nitrogens is 1. The Morgan fingerprint density at radius 2 is 2.12 bits per heavy atom. The van der Waals surface area contributed by atoms with Gasteiger partial charge in [-0.3, -0.25) is 0 Å². The van der Waals surface area contributed by atoms with Gasteiger partial charge in [0.05, 0.1) is 0 Å². The van der Waals surface area contributed by atoms with Crippen LogP contribution in [-0.2, 0) is 11.3 Å². The van der Waals surface area contributed by atoms with Crippen molar-refractivity contribution in [1.82, 2.24) is 4.57 Å². The van der Waals surface area contributed by atoms with Crippen LogP contribution < -0.4 is 0 Å². The van der Waals surface area contributed by atoms with Gasteiger partial charge in [0.25, 0.3) is 0 Å². The topological polar surface area (TPSA) is 22.0 Å². The van der Waals surface area contributed by atoms with Gasteiger partial charge in [-0.1, -0.05) is 25.1 Å². The Bertz CT molecular complexity index is 498. The maximum atomic E-state index is 10.5. The summed E-state index contributed by atoms with van der Waals surface area (Å²) < 4.78 is 2.25. The van der Waals surface area contributed by atoms with Crippen molar-refractivity contribution in [2.24, 2.45) is 5.92 Å². The summed E-state index contributed by atoms with van der Waals surface area (Å²) in [6.45, 7) is 5.15. The lowest BCUT2D eigenvalue weighted by Gasteiger charge is -2.10. The molecule has 0 spiro atoms. The number of hydrogen-bond acceptors (Lipinski definition) is 1. The third-order valence-electron chi connectivity index (χ3n) is 2.99. The van der Waals surface area contributed by atoms with Gasteiger partial charge in [-0.05, 0) is 24.5 Å². The molecule has 84 valence electrons. The molecule has 16 heavy (non-hydrogen) atoms. The molecule has 0 amide bonds. The minimum atomic E-state index is 0.396. The standard InChI is InChI=1S/C14H17NO/c1-11(7-8-16)9-15-10-12(2)13-5-3-4-6-14(13)15/h3-6,8,10-11H,7,9H2,1-2H3. The zero-order valence-electron chi connectivity index (χ0n) is 9.81. The highest BCUT2D eigenvalue weighted by atomic mass is 16.1. The van der Waals surface area contributed by atoms with Crippen molar-refractivity contribution in [3.8, 4) is 0 Å². The highest BCUT2D eigenvalue weighted by Gasteiger charge is 2.07. The Morgan fingerprint density at radius 3 is 2.88 bits per heavy atom. The van der Waals surface area contributed by atoms with Gasteiger partial charge in [-0.2, -0.15) is 0 Å². The van der Waals surface area contributed by atoms with Gasteiger partial charge in [0.15, 0.2) is 0 Å². The largest absolute Gasteiger partial charge is 0.347 e. The number of rotatable bonds is 4. The predicted octanol–water partition coefficient (Wildman–Crippen LogP) is 3.17. The molecular weight excluding hydrogens is 198 g/mol. The van der Waals surface area contributed by atoms with Gasteiger partial charge < -0.3 is 9.36 Å². The van der Waals surface area contributed by atoms with E-state index < -0.39 is 0 Å². The van der Waals surface area contributed by atoms with Crippen LogP contribution in [0.15, 0.2) is 30.5 Å². The van der Waals surface area contributed by atoms with Crippen molar-refractivity contribution in [2.45, 2.75) is 26.8 Å². The fraction of sp³-hybridized carbons (Fsp3) is 0.357. The maximum Gasteiger partial charge on any atom is 0.120 e. The van der Waals surface area contributed by atoms with E-state index in [0.29, 0.717) is 12.3 Å². The van der Waals surface area contributed by atoms with E-state index in [4.69, 9.17) is 0 Å². The summed E-state index contributed by atoms with van der Waals surface area (Å²) in [6.07, 6.45) is 3.81. The molecule has 2 rings (SSSR count). The van der Waals surface area contributed by atoms with Crippen LogP contribution in [0.4, 0.5) is 0 Å². The number of hydrogen-bond donors (Lipinski definition) is 0. The molecule has 0 bridgehead atoms. The zero-order chi connectivity index (χ0) is 11.5. The lowest BCUT2D eigenvalue weighted by Crippen LogP contribution is -2.06. The number of fused-ring (bicyclic) bond motifs is 1. The van der Waals surface area contributed by atoms with Crippen molar-refractivity contribution in [3.05, 3.63) is 36.0 Å². The Hall–Kier alpha value is -1.57. The second kappa shape index (κ2) is 4.52. The van der Waals surface area contributed by atoms with Gasteiger partial charge in [-0.25, -0.2) is 0 Å². The number of benzene rings is 1. The molecule has 1 atom stereocenters. The SMILES string of the molecule is Cc1cn(CC(C)CC=O)c2ccccc12. The van der Waals surface area contributed by atoms with Crippen molar-refractivity contribution < 1.29 is 4.79 Å². The molecule has 2 aromatic rings. The molecule has 1 aromatic carbocycles. The van der Waals surface area contributed by atoms with Gasteiger partial charge in [0.2, 0.25) is 0 Å². The van der Waals surface area contributed by atoms with E-state index >= 15 is 0 Å². The molecule has 0 aliphatic rings. The second-order valence-electron chi connectivity index (χ2n) is 4.49. The first-order valence-electron chi connectivity index (χ1n) is 5.70. The Kier molecular flexibility index (Phi) is 3.09. The Labute approximate surface area is 95.9 Å². The molecule has 2 heteroatoms. The number of carbonyl (C=O) groups excluding carboxylic acids is 1. The van der Waals surface area contributed by atoms with E-state index in [1.807, 2.05) is 0 Å². The van der Waals surface area contributed by atoms with Gasteiger partial charge in [-0.15, -0.1) is 0 Å². The number of aldehydes is 1. The van der Waals surface area contributed by atoms with Crippen molar-refractivity contribution in [3.63, 3.8) is 0 Å². The van der Waals surface area contributed by atoms with E-state index in [1.54, 1.807) is 0 Å². The Morgan fingerprint density at radius 1 is 1.38 bits per heavy atom. The van der Waals surface area contributed by atoms with Crippen LogP contribution in [0.3, 0.4) is 0 Å². The summed E-state index contributed by atoms with van der Waals surface area (Å²) in [5, 5.41) is 1.31. The zero-order valence-corrected chi connectivity index (χ0v) is 9.81. The molecular formula is C14H17NO. The third-order valence-corrected chi connectivity index (χ3v) is 2.99. The maximum absolute atomic E-state index is 10.5. The van der Waals surface area contributed by atoms with Gasteiger partial charge >= 0.3 is 0 Å². The van der Waals surface area contributed by atoms with Gasteiger partial charge in [0.1, 0.15) is 6.29 Å². The lowest BCUT2D eigenvalue weighted by atomic mass is 10.1. The third kappa shape index (κ3) is 2.01. The molecule has 1 unspecified atom stereocenters. The molecule has 0 aliphatic heterocycles. The first-order chi connectivity index (χ1) is 7.72. The molecule has 0 saturated heterocycles. The van der Waals surface area contributed by atoms with Crippen LogP contribution in [0.5, 0.6) is 0 Å². The van der Waals surface area contributed by atoms with E-state index in [2.05, 4.69) is 48.9 Å². The normalized spacial score (nSPS) is 12.9. The van der Waals surface area contributed by atoms with Crippen LogP contribution >= 0.6 is 0 Å². The summed E-state index contributed by atoms with van der Waals surface area (Å²) in [4.78, 5) is 10.5. The highest BCUT2D eigenvalue weighted by molar-refractivity contribution is 5.83. The predicted molar refractivity (Wildman–Crippen MR) is 66.5 cm³/mol. The fourth-order valence-corrected chi connectivity index (χ4v) is 2.16. The van der Waals surface area contributed by atoms with Crippen molar-refractivity contribution in [1.29, 1.82) is 0 Å². The van der Waals surface area contributed by atoms with Crippen LogP contribution in [0.25, 0.3) is 10.9 Å². The average molecular weight is 215 g/mol. The highest BCUT2D eigenvalue weighted by Crippen LogP contribution is 2.21. The number of carbonyl (C=O) groups is 1. The van der Waals surface area contributed by atoms with Crippen LogP contribution in [-0.4, -0.2) is 10.9 Å². The fourth-order valence-electron chi connectivity index (χ4n) is 2.16. The summed E-state index contributed by atoms with van der Waals surface area (Å²) in [5.41, 5.74) is 2.56. The summed E-state index contributed by atoms with van der Waals surface area (Å²) in [5.74, 6) is 0.396. The van der Waals surface area contributed by atoms with Crippen molar-refractivity contribution >= 4 is 17.2 Å². The molecule has 1 aromatic heterocycles. The number of aryl methyl sites for hydroxylation is 1. The van der Waals surface area contributed by atoms with E-state index in [1.165, 1.54) is 16.5 Å². The van der Waals surface area contributed by atoms with E-state index in [-0.39, 0.29) is 0 Å². The number of nitrogens with zero attached hydrogens (tertiary/aromatic N) is 1. The molecule has 1 heterocycles. The molecule has 0 aliphatic carbocycles. The molecule has 0 saturated carbocycles. The second-order valence-corrected chi connectivity index (χ2v) is 4.49. The quantitative estimate of drug-likeness (QED) is 0.718. The van der Waals surface area contributed by atoms with E-state index in [0.717, 1.165) is 12.8 Å². The average Bonchev–Trinajstić information content (AvgIpc) is 2.57. The lowest BCUT2D eigenvalue weighted by molar-refractivity contribution is -0.108. The molecule has 2 nitrogen and oxygen atoms in total. The Balaban J connectivity index is 2.34. The summed E-state index contributed by atoms with van der Waals surface area (Å²) in [6, 6.07) is 8.40. The smallest absolute Gasteiger partial charge is 0.120 e. The van der Waals surface area contributed by atoms with Crippen LogP contribution in [0.1, 0.15) is 18.9 Å². The first kappa shape index (κ1) is 10.9. The van der Waals surface area contributed by atoms with Crippen LogP contribution in [0.2, 0.25) is 0 Å². The van der Waals surface area contributed by atoms with Gasteiger partial charge in [0, 0.05) is 30.1 Å². The molecule has 0 radical (unpaired) electrons. The van der Waals surface area contributed by atoms with Crippen LogP contribution in [0, 0.1) is 12.8 Å². The van der Waals surface area contributed by atoms with Crippen molar-refractivity contribution in [2.75, 3.05) is 0 Å². The molecule has 0 N–H and O–H groups in total. The first-order valence-corrected chi connectivity index (χ1v) is 5.70. The number of para-hydroxylation sites is 1. The molecule has 0 fully saturated rings.